The lowest BCUT2D eigenvalue weighted by molar-refractivity contribution is -0.120. The van der Waals surface area contributed by atoms with Crippen molar-refractivity contribution in [3.05, 3.63) is 56.8 Å². The summed E-state index contributed by atoms with van der Waals surface area (Å²) in [4.78, 5) is 30.8. The second-order valence-electron chi connectivity index (χ2n) is 6.79. The van der Waals surface area contributed by atoms with Crippen LogP contribution in [-0.2, 0) is 9.59 Å². The molecule has 2 aliphatic rings. The Morgan fingerprint density at radius 3 is 2.35 bits per heavy atom. The monoisotopic (exact) mass is 430 g/mol. The minimum absolute atomic E-state index is 0.213. The van der Waals surface area contributed by atoms with Crippen LogP contribution in [0.3, 0.4) is 0 Å². The Balaban J connectivity index is 1.77. The fourth-order valence-corrected chi connectivity index (χ4v) is 4.54. The number of carbonyl (C=O) groups excluding carboxylic acids is 2. The van der Waals surface area contributed by atoms with E-state index in [4.69, 9.17) is 0 Å². The molecule has 0 bridgehead atoms. The maximum absolute atomic E-state index is 13.3. The molecule has 6 heteroatoms. The van der Waals surface area contributed by atoms with Crippen LogP contribution in [0.15, 0.2) is 51.9 Å². The number of rotatable bonds is 3. The Bertz CT molecular complexity index is 866. The number of thiophene rings is 1. The molecule has 1 aromatic carbocycles. The van der Waals surface area contributed by atoms with Crippen LogP contribution in [-0.4, -0.2) is 29.8 Å². The first-order valence-electron chi connectivity index (χ1n) is 8.73. The van der Waals surface area contributed by atoms with E-state index < -0.39 is 0 Å². The molecular weight excluding hydrogens is 412 g/mol. The van der Waals surface area contributed by atoms with Crippen molar-refractivity contribution in [1.82, 2.24) is 4.90 Å². The molecule has 3 heterocycles. The van der Waals surface area contributed by atoms with Gasteiger partial charge in [0.2, 0.25) is 0 Å². The zero-order valence-corrected chi connectivity index (χ0v) is 16.8. The van der Waals surface area contributed by atoms with Crippen molar-refractivity contribution in [1.29, 1.82) is 0 Å². The highest BCUT2D eigenvalue weighted by Crippen LogP contribution is 2.37. The van der Waals surface area contributed by atoms with Gasteiger partial charge in [-0.15, -0.1) is 11.3 Å². The van der Waals surface area contributed by atoms with E-state index in [1.165, 1.54) is 16.2 Å². The SMILES string of the molecule is CC1CCN(C2=C(c3cccs3)C(=O)N(c3ccc(Br)cc3)C2=O)CC1. The molecule has 0 aliphatic carbocycles. The molecular formula is C20H19BrN2O2S. The van der Waals surface area contributed by atoms with Gasteiger partial charge in [0, 0.05) is 22.4 Å². The second-order valence-corrected chi connectivity index (χ2v) is 8.66. The quantitative estimate of drug-likeness (QED) is 0.671. The molecule has 0 unspecified atom stereocenters. The highest BCUT2D eigenvalue weighted by molar-refractivity contribution is 9.10. The van der Waals surface area contributed by atoms with Crippen LogP contribution in [0.5, 0.6) is 0 Å². The van der Waals surface area contributed by atoms with E-state index in [0.29, 0.717) is 22.9 Å². The Labute approximate surface area is 165 Å². The molecule has 2 amide bonds. The zero-order chi connectivity index (χ0) is 18.3. The summed E-state index contributed by atoms with van der Waals surface area (Å²) in [5.74, 6) is 0.218. The van der Waals surface area contributed by atoms with E-state index >= 15 is 0 Å². The lowest BCUT2D eigenvalue weighted by Crippen LogP contribution is -2.38. The topological polar surface area (TPSA) is 40.6 Å². The van der Waals surface area contributed by atoms with Gasteiger partial charge in [-0.1, -0.05) is 28.9 Å². The van der Waals surface area contributed by atoms with Crippen LogP contribution in [0.25, 0.3) is 5.57 Å². The Morgan fingerprint density at radius 2 is 1.73 bits per heavy atom. The summed E-state index contributed by atoms with van der Waals surface area (Å²) in [5.41, 5.74) is 1.72. The van der Waals surface area contributed by atoms with Crippen LogP contribution in [0.1, 0.15) is 24.6 Å². The van der Waals surface area contributed by atoms with Gasteiger partial charge in [-0.05, 0) is 54.5 Å². The lowest BCUT2D eigenvalue weighted by Gasteiger charge is -2.32. The molecule has 4 nitrogen and oxygen atoms in total. The molecule has 26 heavy (non-hydrogen) atoms. The average Bonchev–Trinajstić information content (AvgIpc) is 3.23. The third-order valence-corrected chi connectivity index (χ3v) is 6.43. The van der Waals surface area contributed by atoms with Crippen molar-refractivity contribution in [2.45, 2.75) is 19.8 Å². The van der Waals surface area contributed by atoms with Gasteiger partial charge in [-0.3, -0.25) is 9.59 Å². The van der Waals surface area contributed by atoms with Gasteiger partial charge >= 0.3 is 0 Å². The number of carbonyl (C=O) groups is 2. The maximum Gasteiger partial charge on any atom is 0.282 e. The zero-order valence-electron chi connectivity index (χ0n) is 14.4. The largest absolute Gasteiger partial charge is 0.366 e. The molecule has 0 N–H and O–H groups in total. The van der Waals surface area contributed by atoms with Crippen LogP contribution in [0.4, 0.5) is 5.69 Å². The van der Waals surface area contributed by atoms with Gasteiger partial charge in [0.15, 0.2) is 0 Å². The number of hydrogen-bond acceptors (Lipinski definition) is 4. The number of amides is 2. The van der Waals surface area contributed by atoms with Gasteiger partial charge in [0.05, 0.1) is 11.3 Å². The Hall–Kier alpha value is -1.92. The summed E-state index contributed by atoms with van der Waals surface area (Å²) < 4.78 is 0.914. The Kier molecular flexibility index (Phi) is 4.71. The summed E-state index contributed by atoms with van der Waals surface area (Å²) in [7, 11) is 0. The predicted octanol–water partition coefficient (Wildman–Crippen LogP) is 4.53. The standard InChI is InChI=1S/C20H19BrN2O2S/c1-13-8-10-22(11-9-13)18-17(16-3-2-12-26-16)19(24)23(20(18)25)15-6-4-14(21)5-7-15/h2-7,12-13H,8-11H2,1H3. The molecule has 2 aliphatic heterocycles. The third-order valence-electron chi connectivity index (χ3n) is 5.01. The average molecular weight is 431 g/mol. The molecule has 2 aromatic rings. The number of hydrogen-bond donors (Lipinski definition) is 0. The number of benzene rings is 1. The van der Waals surface area contributed by atoms with E-state index in [0.717, 1.165) is 35.3 Å². The molecule has 0 spiro atoms. The highest BCUT2D eigenvalue weighted by atomic mass is 79.9. The molecule has 0 saturated carbocycles. The van der Waals surface area contributed by atoms with Crippen LogP contribution < -0.4 is 4.90 Å². The first-order valence-corrected chi connectivity index (χ1v) is 10.4. The molecule has 1 fully saturated rings. The number of anilines is 1. The number of halogens is 1. The summed E-state index contributed by atoms with van der Waals surface area (Å²) in [5, 5.41) is 1.94. The molecule has 0 atom stereocenters. The van der Waals surface area contributed by atoms with Crippen molar-refractivity contribution in [2.24, 2.45) is 5.92 Å². The summed E-state index contributed by atoms with van der Waals surface area (Å²) in [6.45, 7) is 3.87. The van der Waals surface area contributed by atoms with E-state index in [9.17, 15) is 9.59 Å². The first-order chi connectivity index (χ1) is 12.6. The summed E-state index contributed by atoms with van der Waals surface area (Å²) >= 11 is 4.90. The van der Waals surface area contributed by atoms with Gasteiger partial charge in [-0.2, -0.15) is 0 Å². The Morgan fingerprint density at radius 1 is 1.04 bits per heavy atom. The fourth-order valence-electron chi connectivity index (χ4n) is 3.51. The minimum atomic E-state index is -0.228. The van der Waals surface area contributed by atoms with Crippen LogP contribution in [0.2, 0.25) is 0 Å². The highest BCUT2D eigenvalue weighted by Gasteiger charge is 2.43. The van der Waals surface area contributed by atoms with Crippen molar-refractivity contribution >= 4 is 50.3 Å². The predicted molar refractivity (Wildman–Crippen MR) is 108 cm³/mol. The normalized spacial score (nSPS) is 19.0. The lowest BCUT2D eigenvalue weighted by atomic mass is 9.98. The fraction of sp³-hybridized carbons (Fsp3) is 0.300. The summed E-state index contributed by atoms with van der Waals surface area (Å²) in [6.07, 6.45) is 2.09. The first kappa shape index (κ1) is 17.5. The smallest absolute Gasteiger partial charge is 0.282 e. The van der Waals surface area contributed by atoms with Gasteiger partial charge in [0.1, 0.15) is 5.70 Å². The third kappa shape index (κ3) is 3.01. The van der Waals surface area contributed by atoms with Crippen molar-refractivity contribution < 1.29 is 9.59 Å². The number of piperidine rings is 1. The van der Waals surface area contributed by atoms with E-state index in [1.807, 2.05) is 29.6 Å². The van der Waals surface area contributed by atoms with Gasteiger partial charge in [-0.25, -0.2) is 4.90 Å². The van der Waals surface area contributed by atoms with Gasteiger partial charge < -0.3 is 4.90 Å². The summed E-state index contributed by atoms with van der Waals surface area (Å²) in [6, 6.07) is 11.1. The van der Waals surface area contributed by atoms with Crippen LogP contribution in [0, 0.1) is 5.92 Å². The molecule has 0 radical (unpaired) electrons. The maximum atomic E-state index is 13.3. The molecule has 1 saturated heterocycles. The molecule has 134 valence electrons. The second kappa shape index (κ2) is 7.00. The van der Waals surface area contributed by atoms with Crippen molar-refractivity contribution in [3.8, 4) is 0 Å². The van der Waals surface area contributed by atoms with E-state index in [2.05, 4.69) is 27.8 Å². The van der Waals surface area contributed by atoms with Crippen LogP contribution >= 0.6 is 27.3 Å². The molecule has 1 aromatic heterocycles. The minimum Gasteiger partial charge on any atom is -0.366 e. The van der Waals surface area contributed by atoms with Crippen molar-refractivity contribution in [2.75, 3.05) is 18.0 Å². The van der Waals surface area contributed by atoms with Crippen molar-refractivity contribution in [3.63, 3.8) is 0 Å². The van der Waals surface area contributed by atoms with E-state index in [1.54, 1.807) is 12.1 Å². The molecule has 4 rings (SSSR count). The number of nitrogens with zero attached hydrogens (tertiary/aromatic N) is 2. The number of likely N-dealkylation sites (tertiary alicyclic amines) is 1. The van der Waals surface area contributed by atoms with Gasteiger partial charge in [0.25, 0.3) is 11.8 Å². The van der Waals surface area contributed by atoms with E-state index in [-0.39, 0.29) is 11.8 Å². The number of imide groups is 1.